The molecule has 26 heavy (non-hydrogen) atoms. The van der Waals surface area contributed by atoms with Gasteiger partial charge in [0.25, 0.3) is 0 Å². The van der Waals surface area contributed by atoms with E-state index in [1.807, 2.05) is 6.26 Å². The predicted molar refractivity (Wildman–Crippen MR) is 112 cm³/mol. The van der Waals surface area contributed by atoms with Crippen molar-refractivity contribution in [2.45, 2.75) is 57.8 Å². The summed E-state index contributed by atoms with van der Waals surface area (Å²) in [5, 5.41) is 5.82. The third-order valence-electron chi connectivity index (χ3n) is 3.66. The van der Waals surface area contributed by atoms with Crippen molar-refractivity contribution in [2.75, 3.05) is 38.4 Å². The highest BCUT2D eigenvalue weighted by Crippen LogP contribution is 2.31. The SMILES string of the molecule is CSCCC(=O)NCCCCCC(=O)NCCCCCCOP(C)([O-])=S. The van der Waals surface area contributed by atoms with Gasteiger partial charge in [-0.15, -0.1) is 0 Å². The fraction of sp³-hybridized carbons (Fsp3) is 0.882. The van der Waals surface area contributed by atoms with E-state index in [9.17, 15) is 14.5 Å². The number of nitrogens with one attached hydrogen (secondary N) is 2. The lowest BCUT2D eigenvalue weighted by atomic mass is 10.1. The Labute approximate surface area is 167 Å². The second-order valence-electron chi connectivity index (χ2n) is 6.27. The summed E-state index contributed by atoms with van der Waals surface area (Å²) in [7, 11) is 0. The Balaban J connectivity index is 3.32. The van der Waals surface area contributed by atoms with Crippen LogP contribution in [0.5, 0.6) is 0 Å². The first-order chi connectivity index (χ1) is 12.3. The number of carbonyl (C=O) groups is 2. The number of unbranched alkanes of at least 4 members (excludes halogenated alkanes) is 5. The van der Waals surface area contributed by atoms with Crippen molar-refractivity contribution in [3.05, 3.63) is 0 Å². The molecule has 9 heteroatoms. The Hall–Kier alpha value is -0.140. The van der Waals surface area contributed by atoms with E-state index in [0.29, 0.717) is 32.5 Å². The maximum Gasteiger partial charge on any atom is 0.220 e. The molecule has 0 saturated carbocycles. The topological polar surface area (TPSA) is 90.5 Å². The molecule has 0 bridgehead atoms. The van der Waals surface area contributed by atoms with E-state index in [0.717, 1.165) is 50.7 Å². The largest absolute Gasteiger partial charge is 0.801 e. The molecule has 2 amide bonds. The van der Waals surface area contributed by atoms with Gasteiger partial charge in [-0.3, -0.25) is 9.59 Å². The molecule has 0 fully saturated rings. The van der Waals surface area contributed by atoms with Crippen LogP contribution in [-0.2, 0) is 25.9 Å². The molecule has 0 aliphatic heterocycles. The van der Waals surface area contributed by atoms with E-state index >= 15 is 0 Å². The lowest BCUT2D eigenvalue weighted by Crippen LogP contribution is -2.25. The van der Waals surface area contributed by atoms with E-state index in [1.165, 1.54) is 6.66 Å². The average molecular weight is 426 g/mol. The number of thioether (sulfide) groups is 1. The molecule has 0 aromatic carbocycles. The van der Waals surface area contributed by atoms with E-state index in [4.69, 9.17) is 4.52 Å². The molecule has 0 rings (SSSR count). The summed E-state index contributed by atoms with van der Waals surface area (Å²) in [5.74, 6) is 1.06. The molecule has 0 aromatic rings. The van der Waals surface area contributed by atoms with Gasteiger partial charge in [-0.2, -0.15) is 11.8 Å². The highest BCUT2D eigenvalue weighted by atomic mass is 32.5. The maximum absolute atomic E-state index is 11.7. The Kier molecular flexibility index (Phi) is 16.9. The Morgan fingerprint density at radius 2 is 1.50 bits per heavy atom. The number of amides is 2. The van der Waals surface area contributed by atoms with E-state index < -0.39 is 6.49 Å². The maximum atomic E-state index is 11.7. The Bertz CT molecular complexity index is 433. The van der Waals surface area contributed by atoms with Crippen LogP contribution in [0.2, 0.25) is 0 Å². The standard InChI is InChI=1S/C17H35N2O4PS2/c1-24(22,25)23-14-9-4-3-7-12-18-16(20)10-6-5-8-13-19-17(21)11-15-26-2/h3-15H2,1-2H3,(H,18,20)(H,19,21)(H,22,25)/p-1. The van der Waals surface area contributed by atoms with Crippen LogP contribution < -0.4 is 15.5 Å². The number of rotatable bonds is 17. The molecule has 0 radical (unpaired) electrons. The summed E-state index contributed by atoms with van der Waals surface area (Å²) in [4.78, 5) is 34.3. The monoisotopic (exact) mass is 425 g/mol. The number of carbonyl (C=O) groups excluding carboxylic acids is 2. The van der Waals surface area contributed by atoms with Gasteiger partial charge in [-0.05, 0) is 45.1 Å². The quantitative estimate of drug-likeness (QED) is 0.275. The first-order valence-corrected chi connectivity index (χ1v) is 13.8. The van der Waals surface area contributed by atoms with Crippen LogP contribution >= 0.6 is 18.3 Å². The van der Waals surface area contributed by atoms with Gasteiger partial charge in [-0.1, -0.05) is 31.1 Å². The second-order valence-corrected chi connectivity index (χ2v) is 11.0. The first-order valence-electron chi connectivity index (χ1n) is 9.30. The zero-order valence-corrected chi connectivity index (χ0v) is 18.6. The van der Waals surface area contributed by atoms with Crippen molar-refractivity contribution < 1.29 is 19.0 Å². The molecule has 0 aromatic heterocycles. The summed E-state index contributed by atoms with van der Waals surface area (Å²) in [6.45, 7) is 0.513. The van der Waals surface area contributed by atoms with E-state index in [-0.39, 0.29) is 11.8 Å². The predicted octanol–water partition coefficient (Wildman–Crippen LogP) is 2.41. The van der Waals surface area contributed by atoms with Crippen molar-refractivity contribution in [2.24, 2.45) is 0 Å². The molecule has 0 aliphatic rings. The molecular formula is C17H34N2O4PS2-. The molecule has 6 nitrogen and oxygen atoms in total. The highest BCUT2D eigenvalue weighted by molar-refractivity contribution is 8.08. The minimum atomic E-state index is -2.76. The van der Waals surface area contributed by atoms with Gasteiger partial charge >= 0.3 is 0 Å². The Morgan fingerprint density at radius 3 is 2.08 bits per heavy atom. The lowest BCUT2D eigenvalue weighted by Gasteiger charge is -2.22. The minimum absolute atomic E-state index is 0.0929. The summed E-state index contributed by atoms with van der Waals surface area (Å²) in [5.41, 5.74) is 0. The molecule has 0 saturated heterocycles. The van der Waals surface area contributed by atoms with Gasteiger partial charge in [0.1, 0.15) is 0 Å². The van der Waals surface area contributed by atoms with Crippen LogP contribution in [0.25, 0.3) is 0 Å². The van der Waals surface area contributed by atoms with E-state index in [1.54, 1.807) is 11.8 Å². The van der Waals surface area contributed by atoms with E-state index in [2.05, 4.69) is 22.4 Å². The molecular weight excluding hydrogens is 391 g/mol. The molecule has 1 atom stereocenters. The van der Waals surface area contributed by atoms with Crippen LogP contribution in [0.15, 0.2) is 0 Å². The van der Waals surface area contributed by atoms with Gasteiger partial charge in [0, 0.05) is 31.7 Å². The summed E-state index contributed by atoms with van der Waals surface area (Å²) in [6, 6.07) is 0. The van der Waals surface area contributed by atoms with Gasteiger partial charge in [0.15, 0.2) is 0 Å². The van der Waals surface area contributed by atoms with Crippen molar-refractivity contribution in [1.82, 2.24) is 10.6 Å². The fourth-order valence-corrected chi connectivity index (χ4v) is 3.30. The number of hydrogen-bond donors (Lipinski definition) is 2. The Morgan fingerprint density at radius 1 is 0.962 bits per heavy atom. The van der Waals surface area contributed by atoms with Crippen LogP contribution in [-0.4, -0.2) is 50.2 Å². The molecule has 0 aliphatic carbocycles. The normalized spacial score (nSPS) is 13.2. The zero-order valence-electron chi connectivity index (χ0n) is 16.1. The highest BCUT2D eigenvalue weighted by Gasteiger charge is 2.02. The van der Waals surface area contributed by atoms with Gasteiger partial charge in [0.05, 0.1) is 6.61 Å². The van der Waals surface area contributed by atoms with Crippen molar-refractivity contribution in [1.29, 1.82) is 0 Å². The first kappa shape index (κ1) is 25.9. The van der Waals surface area contributed by atoms with Crippen LogP contribution in [0.3, 0.4) is 0 Å². The lowest BCUT2D eigenvalue weighted by molar-refractivity contribution is -0.180. The number of hydrogen-bond acceptors (Lipinski definition) is 6. The van der Waals surface area contributed by atoms with Crippen molar-refractivity contribution >= 4 is 41.9 Å². The van der Waals surface area contributed by atoms with Crippen LogP contribution in [0.4, 0.5) is 0 Å². The minimum Gasteiger partial charge on any atom is -0.801 e. The average Bonchev–Trinajstić information content (AvgIpc) is 2.57. The third kappa shape index (κ3) is 20.2. The summed E-state index contributed by atoms with van der Waals surface area (Å²) < 4.78 is 5.05. The van der Waals surface area contributed by atoms with Gasteiger partial charge < -0.3 is 20.1 Å². The van der Waals surface area contributed by atoms with Crippen molar-refractivity contribution in [3.8, 4) is 0 Å². The summed E-state index contributed by atoms with van der Waals surface area (Å²) >= 11 is 6.35. The smallest absolute Gasteiger partial charge is 0.220 e. The molecule has 2 N–H and O–H groups in total. The van der Waals surface area contributed by atoms with Crippen molar-refractivity contribution in [3.63, 3.8) is 0 Å². The van der Waals surface area contributed by atoms with Crippen LogP contribution in [0.1, 0.15) is 57.8 Å². The molecule has 1 unspecified atom stereocenters. The molecule has 0 spiro atoms. The zero-order chi connectivity index (χ0) is 19.7. The fourth-order valence-electron chi connectivity index (χ4n) is 2.23. The third-order valence-corrected chi connectivity index (χ3v) is 5.24. The van der Waals surface area contributed by atoms with Crippen LogP contribution in [0, 0.1) is 0 Å². The molecule has 0 heterocycles. The molecule has 154 valence electrons. The summed E-state index contributed by atoms with van der Waals surface area (Å²) in [6.07, 6.45) is 9.57. The van der Waals surface area contributed by atoms with Gasteiger partial charge in [0.2, 0.25) is 11.8 Å². The van der Waals surface area contributed by atoms with Gasteiger partial charge in [-0.25, -0.2) is 0 Å². The second kappa shape index (κ2) is 17.0.